The van der Waals surface area contributed by atoms with Crippen molar-refractivity contribution in [2.24, 2.45) is 0 Å². The zero-order valence-electron chi connectivity index (χ0n) is 9.20. The van der Waals surface area contributed by atoms with E-state index in [9.17, 15) is 5.11 Å². The smallest absolute Gasteiger partial charge is 0.120 e. The van der Waals surface area contributed by atoms with Crippen LogP contribution in [0.5, 0.6) is 5.75 Å². The fourth-order valence-corrected chi connectivity index (χ4v) is 1.24. The molecule has 0 heterocycles. The van der Waals surface area contributed by atoms with Crippen molar-refractivity contribution in [1.82, 2.24) is 5.32 Å². The number of hydrogen-bond donors (Lipinski definition) is 2. The highest BCUT2D eigenvalue weighted by Crippen LogP contribution is 2.12. The van der Waals surface area contributed by atoms with E-state index < -0.39 is 0 Å². The molecule has 1 aromatic carbocycles. The molecule has 0 atom stereocenters. The van der Waals surface area contributed by atoms with Gasteiger partial charge in [0, 0.05) is 12.1 Å². The number of aryl methyl sites for hydroxylation is 1. The van der Waals surface area contributed by atoms with Crippen LogP contribution < -0.4 is 5.32 Å². The second-order valence-corrected chi connectivity index (χ2v) is 3.43. The van der Waals surface area contributed by atoms with Crippen molar-refractivity contribution in [3.05, 3.63) is 53.6 Å². The average molecular weight is 203 g/mol. The Morgan fingerprint density at radius 3 is 2.53 bits per heavy atom. The van der Waals surface area contributed by atoms with Crippen molar-refractivity contribution in [1.29, 1.82) is 0 Å². The molecule has 0 aliphatic rings. The van der Waals surface area contributed by atoms with Gasteiger partial charge in [-0.15, -0.1) is 0 Å². The van der Waals surface area contributed by atoms with Gasteiger partial charge in [-0.3, -0.25) is 0 Å². The zero-order valence-corrected chi connectivity index (χ0v) is 9.20. The summed E-state index contributed by atoms with van der Waals surface area (Å²) in [4.78, 5) is 0. The molecule has 0 aromatic heterocycles. The Bertz CT molecular complexity index is 373. The zero-order chi connectivity index (χ0) is 11.1. The van der Waals surface area contributed by atoms with Gasteiger partial charge in [-0.05, 0) is 20.0 Å². The van der Waals surface area contributed by atoms with E-state index in [2.05, 4.69) is 5.32 Å². The minimum Gasteiger partial charge on any atom is -0.508 e. The lowest BCUT2D eigenvalue weighted by molar-refractivity contribution is 0.466. The molecule has 2 nitrogen and oxygen atoms in total. The quantitative estimate of drug-likeness (QED) is 0.774. The number of rotatable bonds is 2. The van der Waals surface area contributed by atoms with Gasteiger partial charge in [0.05, 0.1) is 0 Å². The Kier molecular flexibility index (Phi) is 4.64. The van der Waals surface area contributed by atoms with Crippen molar-refractivity contribution < 1.29 is 5.11 Å². The highest BCUT2D eigenvalue weighted by atomic mass is 16.3. The molecule has 0 bridgehead atoms. The summed E-state index contributed by atoms with van der Waals surface area (Å²) < 4.78 is 0. The Balaban J connectivity index is 3.24. The van der Waals surface area contributed by atoms with Gasteiger partial charge < -0.3 is 10.4 Å². The SMILES string of the molecule is CNCc1cccccc(C)ccc1O. The summed E-state index contributed by atoms with van der Waals surface area (Å²) in [6.07, 6.45) is 0. The summed E-state index contributed by atoms with van der Waals surface area (Å²) in [5.74, 6) is 0.309. The van der Waals surface area contributed by atoms with Gasteiger partial charge in [-0.1, -0.05) is 42.0 Å². The molecule has 2 N–H and O–H groups in total. The van der Waals surface area contributed by atoms with Crippen LogP contribution in [0.3, 0.4) is 0 Å². The third-order valence-corrected chi connectivity index (χ3v) is 2.08. The summed E-state index contributed by atoms with van der Waals surface area (Å²) >= 11 is 0. The maximum atomic E-state index is 9.79. The molecule has 0 saturated carbocycles. The molecule has 0 saturated heterocycles. The van der Waals surface area contributed by atoms with Crippen LogP contribution in [-0.2, 0) is 6.54 Å². The van der Waals surface area contributed by atoms with E-state index in [-0.39, 0.29) is 0 Å². The Morgan fingerprint density at radius 1 is 1.07 bits per heavy atom. The Morgan fingerprint density at radius 2 is 1.80 bits per heavy atom. The van der Waals surface area contributed by atoms with Crippen molar-refractivity contribution in [2.45, 2.75) is 13.5 Å². The summed E-state index contributed by atoms with van der Waals surface area (Å²) in [6.45, 7) is 2.65. The topological polar surface area (TPSA) is 32.3 Å². The van der Waals surface area contributed by atoms with Crippen LogP contribution in [-0.4, -0.2) is 12.2 Å². The Labute approximate surface area is 90.9 Å². The summed E-state index contributed by atoms with van der Waals surface area (Å²) in [5, 5.41) is 12.8. The molecular weight excluding hydrogens is 186 g/mol. The average Bonchev–Trinajstić information content (AvgIpc) is 2.23. The van der Waals surface area contributed by atoms with E-state index in [1.807, 2.05) is 50.4 Å². The van der Waals surface area contributed by atoms with E-state index in [1.165, 1.54) is 0 Å². The van der Waals surface area contributed by atoms with Crippen LogP contribution in [0.25, 0.3) is 0 Å². The lowest BCUT2D eigenvalue weighted by Gasteiger charge is -1.99. The van der Waals surface area contributed by atoms with E-state index >= 15 is 0 Å². The van der Waals surface area contributed by atoms with Gasteiger partial charge in [-0.2, -0.15) is 0 Å². The van der Waals surface area contributed by atoms with Crippen LogP contribution in [0, 0.1) is 6.92 Å². The molecule has 0 fully saturated rings. The van der Waals surface area contributed by atoms with Crippen LogP contribution in [0.1, 0.15) is 11.1 Å². The summed E-state index contributed by atoms with van der Waals surface area (Å²) in [5.41, 5.74) is 1.99. The molecule has 2 heteroatoms. The molecule has 0 unspecified atom stereocenters. The first-order valence-electron chi connectivity index (χ1n) is 5.00. The Hall–Kier alpha value is -1.54. The maximum Gasteiger partial charge on any atom is 0.120 e. The lowest BCUT2D eigenvalue weighted by Crippen LogP contribution is -2.04. The third-order valence-electron chi connectivity index (χ3n) is 2.08. The van der Waals surface area contributed by atoms with Crippen molar-refractivity contribution in [3.8, 4) is 5.75 Å². The first-order chi connectivity index (χ1) is 7.24. The largest absolute Gasteiger partial charge is 0.508 e. The van der Waals surface area contributed by atoms with Gasteiger partial charge in [0.15, 0.2) is 0 Å². The predicted octanol–water partition coefficient (Wildman–Crippen LogP) is 2.54. The van der Waals surface area contributed by atoms with E-state index in [4.69, 9.17) is 0 Å². The summed E-state index contributed by atoms with van der Waals surface area (Å²) in [6, 6.07) is 13.4. The monoisotopic (exact) mass is 203 g/mol. The van der Waals surface area contributed by atoms with Crippen molar-refractivity contribution in [2.75, 3.05) is 7.05 Å². The number of aromatic hydroxyl groups is 1. The standard InChI is InChI=1S/C13H17NO/c1-11-6-4-3-5-7-12(10-14-2)13(15)9-8-11/h3-9,14-15H,10H2,1-2H3. The number of nitrogens with one attached hydrogen (secondary N) is 1. The van der Waals surface area contributed by atoms with Gasteiger partial charge >= 0.3 is 0 Å². The molecule has 15 heavy (non-hydrogen) atoms. The molecule has 0 aliphatic carbocycles. The summed E-state index contributed by atoms with van der Waals surface area (Å²) in [7, 11) is 1.86. The molecule has 1 rings (SSSR count). The van der Waals surface area contributed by atoms with Gasteiger partial charge in [0.1, 0.15) is 5.75 Å². The highest BCUT2D eigenvalue weighted by Gasteiger charge is 1.93. The number of hydrogen-bond acceptors (Lipinski definition) is 2. The first kappa shape index (κ1) is 11.5. The van der Waals surface area contributed by atoms with Crippen molar-refractivity contribution >= 4 is 0 Å². The van der Waals surface area contributed by atoms with Crippen LogP contribution in [0.4, 0.5) is 0 Å². The third kappa shape index (κ3) is 4.00. The lowest BCUT2D eigenvalue weighted by atomic mass is 10.2. The van der Waals surface area contributed by atoms with Gasteiger partial charge in [-0.25, -0.2) is 0 Å². The normalized spacial score (nSPS) is 9.47. The van der Waals surface area contributed by atoms with Crippen LogP contribution >= 0.6 is 0 Å². The molecule has 80 valence electrons. The second kappa shape index (κ2) is 6.04. The van der Waals surface area contributed by atoms with Crippen LogP contribution in [0.15, 0.2) is 42.5 Å². The predicted molar refractivity (Wildman–Crippen MR) is 63.2 cm³/mol. The van der Waals surface area contributed by atoms with Crippen LogP contribution in [0.2, 0.25) is 0 Å². The van der Waals surface area contributed by atoms with Gasteiger partial charge in [0.25, 0.3) is 0 Å². The van der Waals surface area contributed by atoms with Gasteiger partial charge in [0.2, 0.25) is 0 Å². The van der Waals surface area contributed by atoms with Crippen molar-refractivity contribution in [3.63, 3.8) is 0 Å². The molecule has 0 spiro atoms. The molecule has 1 aromatic rings. The maximum absolute atomic E-state index is 9.79. The fourth-order valence-electron chi connectivity index (χ4n) is 1.24. The first-order valence-corrected chi connectivity index (χ1v) is 5.00. The fraction of sp³-hybridized carbons (Fsp3) is 0.231. The highest BCUT2D eigenvalue weighted by molar-refractivity contribution is 5.30. The molecular formula is C13H17NO. The molecule has 0 aliphatic heterocycles. The van der Waals surface area contributed by atoms with E-state index in [1.54, 1.807) is 6.07 Å². The van der Waals surface area contributed by atoms with E-state index in [0.717, 1.165) is 11.1 Å². The van der Waals surface area contributed by atoms with E-state index in [0.29, 0.717) is 12.3 Å². The minimum atomic E-state index is 0.309. The molecule has 0 radical (unpaired) electrons. The second-order valence-electron chi connectivity index (χ2n) is 3.43. The molecule has 0 amide bonds. The minimum absolute atomic E-state index is 0.309.